The molecule has 0 atom stereocenters. The lowest BCUT2D eigenvalue weighted by Crippen LogP contribution is -2.30. The third kappa shape index (κ3) is 7.70. The minimum absolute atomic E-state index is 0.157. The Hall–Kier alpha value is -5.42. The van der Waals surface area contributed by atoms with E-state index in [1.807, 2.05) is 72.9 Å². The van der Waals surface area contributed by atoms with Gasteiger partial charge in [-0.25, -0.2) is 9.78 Å². The van der Waals surface area contributed by atoms with Gasteiger partial charge in [0.25, 0.3) is 5.56 Å². The zero-order chi connectivity index (χ0) is 33.3. The average Bonchev–Trinajstić information content (AvgIpc) is 3.07. The minimum atomic E-state index is -0.499. The van der Waals surface area contributed by atoms with Gasteiger partial charge in [-0.3, -0.25) is 14.3 Å². The molecule has 0 unspecified atom stereocenters. The highest BCUT2D eigenvalue weighted by Crippen LogP contribution is 2.36. The molecule has 3 heterocycles. The van der Waals surface area contributed by atoms with E-state index in [1.54, 1.807) is 17.0 Å². The summed E-state index contributed by atoms with van der Waals surface area (Å²) in [7, 11) is 0. The Morgan fingerprint density at radius 1 is 0.936 bits per heavy atom. The summed E-state index contributed by atoms with van der Waals surface area (Å²) >= 11 is 0. The Kier molecular flexibility index (Phi) is 10.7. The van der Waals surface area contributed by atoms with Crippen LogP contribution >= 0.6 is 0 Å². The lowest BCUT2D eigenvalue weighted by molar-refractivity contribution is 0.262. The fourth-order valence-corrected chi connectivity index (χ4v) is 5.77. The number of amides is 2. The first kappa shape index (κ1) is 33.0. The maximum Gasteiger partial charge on any atom is 0.323 e. The number of aromatic nitrogens is 3. The zero-order valence-corrected chi connectivity index (χ0v) is 27.4. The Labute approximate surface area is 276 Å². The molecule has 3 aromatic heterocycles. The number of hydrogen-bond acceptors (Lipinski definition) is 5. The maximum atomic E-state index is 14.3. The summed E-state index contributed by atoms with van der Waals surface area (Å²) in [5, 5.41) is 6.79. The molecule has 2 N–H and O–H groups in total. The number of terminal acetylenes is 1. The van der Waals surface area contributed by atoms with E-state index in [4.69, 9.17) is 11.2 Å². The molecular weight excluding hydrogens is 586 g/mol. The predicted molar refractivity (Wildman–Crippen MR) is 190 cm³/mol. The van der Waals surface area contributed by atoms with Crippen LogP contribution in [0.15, 0.2) is 90.1 Å². The van der Waals surface area contributed by atoms with Crippen LogP contribution in [0.4, 0.5) is 16.2 Å². The molecule has 0 radical (unpaired) electrons. The van der Waals surface area contributed by atoms with E-state index >= 15 is 0 Å². The van der Waals surface area contributed by atoms with Crippen LogP contribution in [0.3, 0.4) is 0 Å². The molecule has 0 saturated carbocycles. The Morgan fingerprint density at radius 3 is 2.36 bits per heavy atom. The van der Waals surface area contributed by atoms with E-state index in [0.717, 1.165) is 33.3 Å². The van der Waals surface area contributed by atoms with E-state index in [2.05, 4.69) is 54.2 Å². The quantitative estimate of drug-likeness (QED) is 0.107. The van der Waals surface area contributed by atoms with Crippen molar-refractivity contribution in [1.82, 2.24) is 14.5 Å². The Balaban J connectivity index is 1.58. The molecule has 0 saturated heterocycles. The molecule has 2 amide bonds. The highest BCUT2D eigenvalue weighted by atomic mass is 16.5. The van der Waals surface area contributed by atoms with Crippen molar-refractivity contribution in [2.75, 3.05) is 17.2 Å². The maximum absolute atomic E-state index is 14.3. The first-order valence-electron chi connectivity index (χ1n) is 16.1. The number of unbranched alkanes of at least 4 members (excludes halogenated alkanes) is 1. The number of para-hydroxylation sites is 1. The highest BCUT2D eigenvalue weighted by Gasteiger charge is 2.23. The van der Waals surface area contributed by atoms with E-state index in [1.165, 1.54) is 0 Å². The summed E-state index contributed by atoms with van der Waals surface area (Å²) in [6, 6.07) is 20.8. The van der Waals surface area contributed by atoms with Crippen molar-refractivity contribution in [1.29, 1.82) is 0 Å². The SMILES string of the molecule is C#CCCCn1c(=O)c(NC(=O)Nc2c(C(C)C)cccc2C(C)C)c(-c2cccc(OCCc3cccnc3)c2)c2cccnc21. The van der Waals surface area contributed by atoms with Gasteiger partial charge < -0.3 is 15.4 Å². The second-order valence-corrected chi connectivity index (χ2v) is 12.1. The number of hydrogen-bond donors (Lipinski definition) is 2. The van der Waals surface area contributed by atoms with Crippen LogP contribution in [0, 0.1) is 12.3 Å². The summed E-state index contributed by atoms with van der Waals surface area (Å²) in [5.74, 6) is 3.65. The molecule has 0 fully saturated rings. The van der Waals surface area contributed by atoms with Crippen LogP contribution in [-0.4, -0.2) is 27.2 Å². The number of anilines is 2. The van der Waals surface area contributed by atoms with Gasteiger partial charge in [-0.1, -0.05) is 64.1 Å². The van der Waals surface area contributed by atoms with E-state index in [-0.39, 0.29) is 23.1 Å². The minimum Gasteiger partial charge on any atom is -0.493 e. The molecule has 47 heavy (non-hydrogen) atoms. The number of fused-ring (bicyclic) bond motifs is 1. The summed E-state index contributed by atoms with van der Waals surface area (Å²) in [6.45, 7) is 9.19. The van der Waals surface area contributed by atoms with Gasteiger partial charge in [-0.05, 0) is 70.8 Å². The first-order valence-corrected chi connectivity index (χ1v) is 16.1. The number of ether oxygens (including phenoxy) is 1. The average molecular weight is 628 g/mol. The van der Waals surface area contributed by atoms with Crippen molar-refractivity contribution in [3.05, 3.63) is 112 Å². The van der Waals surface area contributed by atoms with Crippen molar-refractivity contribution < 1.29 is 9.53 Å². The standard InChI is InChI=1S/C39H41N5O3/c1-6-7-8-22-44-37-33(18-12-21-41-37)34(29-14-9-15-30(24-29)47-23-19-28-13-11-20-40-25-28)36(38(44)45)43-39(46)42-35-31(26(2)3)16-10-17-32(35)27(4)5/h1,9-18,20-21,24-27H,7-8,19,22-23H2,2-5H3,(H2,42,43,46). The Bertz CT molecular complexity index is 1930. The van der Waals surface area contributed by atoms with Gasteiger partial charge in [-0.15, -0.1) is 12.3 Å². The number of carbonyl (C=O) groups excluding carboxylic acids is 1. The molecule has 0 spiro atoms. The Morgan fingerprint density at radius 2 is 1.66 bits per heavy atom. The van der Waals surface area contributed by atoms with Gasteiger partial charge >= 0.3 is 6.03 Å². The van der Waals surface area contributed by atoms with Crippen LogP contribution in [-0.2, 0) is 13.0 Å². The third-order valence-corrected chi connectivity index (χ3v) is 8.08. The molecule has 2 aromatic carbocycles. The topological polar surface area (TPSA) is 98.1 Å². The monoisotopic (exact) mass is 627 g/mol. The smallest absolute Gasteiger partial charge is 0.323 e. The second kappa shape index (κ2) is 15.2. The summed E-state index contributed by atoms with van der Waals surface area (Å²) in [4.78, 5) is 37.0. The fraction of sp³-hybridized carbons (Fsp3) is 0.282. The molecule has 8 nitrogen and oxygen atoms in total. The van der Waals surface area contributed by atoms with Gasteiger partial charge in [-0.2, -0.15) is 0 Å². The number of rotatable bonds is 12. The number of urea groups is 1. The third-order valence-electron chi connectivity index (χ3n) is 8.08. The van der Waals surface area contributed by atoms with Crippen LogP contribution in [0.1, 0.15) is 69.1 Å². The zero-order valence-electron chi connectivity index (χ0n) is 27.4. The van der Waals surface area contributed by atoms with Crippen molar-refractivity contribution in [2.24, 2.45) is 0 Å². The molecule has 0 aliphatic carbocycles. The summed E-state index contributed by atoms with van der Waals surface area (Å²) in [6.07, 6.45) is 12.6. The molecule has 5 rings (SSSR count). The molecule has 0 aliphatic rings. The summed E-state index contributed by atoms with van der Waals surface area (Å²) in [5.41, 5.74) is 5.49. The molecular formula is C39H41N5O3. The van der Waals surface area contributed by atoms with Crippen LogP contribution in [0.5, 0.6) is 5.75 Å². The lowest BCUT2D eigenvalue weighted by Gasteiger charge is -2.22. The van der Waals surface area contributed by atoms with E-state index in [0.29, 0.717) is 49.4 Å². The molecule has 8 heteroatoms. The predicted octanol–water partition coefficient (Wildman–Crippen LogP) is 8.38. The second-order valence-electron chi connectivity index (χ2n) is 12.1. The molecule has 5 aromatic rings. The van der Waals surface area contributed by atoms with Crippen LogP contribution in [0.25, 0.3) is 22.2 Å². The van der Waals surface area contributed by atoms with Crippen molar-refractivity contribution in [3.8, 4) is 29.2 Å². The van der Waals surface area contributed by atoms with Gasteiger partial charge in [0.1, 0.15) is 17.1 Å². The number of carbonyl (C=O) groups is 1. The number of aryl methyl sites for hydroxylation is 1. The molecule has 0 aliphatic heterocycles. The number of benzene rings is 2. The van der Waals surface area contributed by atoms with Crippen LogP contribution in [0.2, 0.25) is 0 Å². The normalized spacial score (nSPS) is 11.1. The number of pyridine rings is 3. The van der Waals surface area contributed by atoms with Crippen LogP contribution < -0.4 is 20.9 Å². The number of nitrogens with zero attached hydrogens (tertiary/aromatic N) is 3. The van der Waals surface area contributed by atoms with Gasteiger partial charge in [0.05, 0.1) is 6.61 Å². The lowest BCUT2D eigenvalue weighted by atomic mass is 9.93. The van der Waals surface area contributed by atoms with E-state index in [9.17, 15) is 9.59 Å². The number of nitrogens with one attached hydrogen (secondary N) is 2. The van der Waals surface area contributed by atoms with Crippen molar-refractivity contribution in [3.63, 3.8) is 0 Å². The highest BCUT2D eigenvalue weighted by molar-refractivity contribution is 6.07. The van der Waals surface area contributed by atoms with Crippen molar-refractivity contribution in [2.45, 2.75) is 65.3 Å². The van der Waals surface area contributed by atoms with Crippen molar-refractivity contribution >= 4 is 28.4 Å². The molecule has 0 bridgehead atoms. The largest absolute Gasteiger partial charge is 0.493 e. The first-order chi connectivity index (χ1) is 22.8. The van der Waals surface area contributed by atoms with Gasteiger partial charge in [0.15, 0.2) is 0 Å². The van der Waals surface area contributed by atoms with E-state index < -0.39 is 6.03 Å². The summed E-state index contributed by atoms with van der Waals surface area (Å²) < 4.78 is 7.73. The van der Waals surface area contributed by atoms with Gasteiger partial charge in [0, 0.05) is 54.6 Å². The fourth-order valence-electron chi connectivity index (χ4n) is 5.77. The molecule has 240 valence electrons. The van der Waals surface area contributed by atoms with Gasteiger partial charge in [0.2, 0.25) is 0 Å².